The lowest BCUT2D eigenvalue weighted by atomic mass is 10.2. The molecule has 108 valence electrons. The van der Waals surface area contributed by atoms with Crippen LogP contribution in [0.1, 0.15) is 21.2 Å². The third-order valence-corrected chi connectivity index (χ3v) is 4.58. The van der Waals surface area contributed by atoms with E-state index in [0.717, 1.165) is 20.3 Å². The largest absolute Gasteiger partial charge is 0.352 e. The Labute approximate surface area is 133 Å². The van der Waals surface area contributed by atoms with Crippen molar-refractivity contribution in [2.75, 3.05) is 6.54 Å². The molecule has 1 N–H and O–H groups in total. The van der Waals surface area contributed by atoms with Crippen molar-refractivity contribution in [2.24, 2.45) is 0 Å². The first-order valence-electron chi connectivity index (χ1n) is 6.35. The molecule has 8 heteroatoms. The quantitative estimate of drug-likeness (QED) is 0.769. The molecule has 21 heavy (non-hydrogen) atoms. The molecule has 0 saturated carbocycles. The molecule has 6 nitrogen and oxygen atoms in total. The minimum atomic E-state index is -0.0957. The van der Waals surface area contributed by atoms with Gasteiger partial charge in [0.1, 0.15) is 5.01 Å². The molecule has 0 fully saturated rings. The van der Waals surface area contributed by atoms with Crippen molar-refractivity contribution in [3.05, 3.63) is 45.1 Å². The van der Waals surface area contributed by atoms with Crippen molar-refractivity contribution in [2.45, 2.75) is 13.3 Å². The maximum Gasteiger partial charge on any atom is 0.252 e. The molecule has 0 aliphatic heterocycles. The molecule has 2 heterocycles. The van der Waals surface area contributed by atoms with Crippen LogP contribution >= 0.6 is 27.3 Å². The molecule has 0 atom stereocenters. The predicted molar refractivity (Wildman–Crippen MR) is 83.6 cm³/mol. The van der Waals surface area contributed by atoms with Crippen LogP contribution in [0.2, 0.25) is 0 Å². The average molecular weight is 366 g/mol. The molecule has 1 amide bonds. The van der Waals surface area contributed by atoms with Gasteiger partial charge >= 0.3 is 0 Å². The maximum atomic E-state index is 12.0. The average Bonchev–Trinajstić information content (AvgIpc) is 3.02. The number of aryl methyl sites for hydroxylation is 1. The van der Waals surface area contributed by atoms with Crippen LogP contribution in [0.3, 0.4) is 0 Å². The molecule has 0 saturated heterocycles. The van der Waals surface area contributed by atoms with Gasteiger partial charge in [-0.25, -0.2) is 0 Å². The van der Waals surface area contributed by atoms with Crippen LogP contribution in [0.4, 0.5) is 0 Å². The van der Waals surface area contributed by atoms with Crippen LogP contribution < -0.4 is 5.32 Å². The van der Waals surface area contributed by atoms with Gasteiger partial charge in [0.2, 0.25) is 4.96 Å². The zero-order chi connectivity index (χ0) is 14.8. The summed E-state index contributed by atoms with van der Waals surface area (Å²) in [6, 6.07) is 7.35. The zero-order valence-corrected chi connectivity index (χ0v) is 13.6. The van der Waals surface area contributed by atoms with Gasteiger partial charge in [-0.2, -0.15) is 9.61 Å². The van der Waals surface area contributed by atoms with E-state index in [4.69, 9.17) is 0 Å². The summed E-state index contributed by atoms with van der Waals surface area (Å²) in [5.41, 5.74) is 0.631. The fourth-order valence-electron chi connectivity index (χ4n) is 1.88. The molecule has 0 radical (unpaired) electrons. The number of rotatable bonds is 4. The highest BCUT2D eigenvalue weighted by Gasteiger charge is 2.11. The van der Waals surface area contributed by atoms with Crippen LogP contribution in [-0.2, 0) is 6.42 Å². The lowest BCUT2D eigenvalue weighted by Gasteiger charge is -2.05. The Balaban J connectivity index is 1.61. The number of carbonyl (C=O) groups is 1. The smallest absolute Gasteiger partial charge is 0.252 e. The van der Waals surface area contributed by atoms with Crippen molar-refractivity contribution in [3.63, 3.8) is 0 Å². The van der Waals surface area contributed by atoms with E-state index in [9.17, 15) is 4.79 Å². The molecule has 3 rings (SSSR count). The Morgan fingerprint density at radius 1 is 1.38 bits per heavy atom. The molecule has 1 aromatic carbocycles. The first kappa shape index (κ1) is 14.2. The standard InChI is InChI=1S/C13H12BrN5OS/c1-8-16-17-13-19(8)18-11(21-13)6-7-15-12(20)9-4-2-3-5-10(9)14/h2-5H,6-7H2,1H3,(H,15,20). The lowest BCUT2D eigenvalue weighted by Crippen LogP contribution is -2.26. The Morgan fingerprint density at radius 2 is 2.19 bits per heavy atom. The summed E-state index contributed by atoms with van der Waals surface area (Å²) >= 11 is 4.86. The highest BCUT2D eigenvalue weighted by molar-refractivity contribution is 9.10. The van der Waals surface area contributed by atoms with Gasteiger partial charge in [0.15, 0.2) is 5.82 Å². The van der Waals surface area contributed by atoms with E-state index in [1.807, 2.05) is 25.1 Å². The first-order chi connectivity index (χ1) is 10.1. The number of hydrogen-bond acceptors (Lipinski definition) is 5. The van der Waals surface area contributed by atoms with Gasteiger partial charge in [0.25, 0.3) is 5.91 Å². The van der Waals surface area contributed by atoms with Gasteiger partial charge in [0, 0.05) is 17.4 Å². The summed E-state index contributed by atoms with van der Waals surface area (Å²) in [6.45, 7) is 2.39. The van der Waals surface area contributed by atoms with Crippen LogP contribution in [0.15, 0.2) is 28.7 Å². The van der Waals surface area contributed by atoms with Gasteiger partial charge in [-0.05, 0) is 35.0 Å². The number of aromatic nitrogens is 4. The van der Waals surface area contributed by atoms with E-state index in [-0.39, 0.29) is 5.91 Å². The van der Waals surface area contributed by atoms with E-state index in [1.165, 1.54) is 11.3 Å². The van der Waals surface area contributed by atoms with Crippen molar-refractivity contribution < 1.29 is 4.79 Å². The summed E-state index contributed by atoms with van der Waals surface area (Å²) < 4.78 is 2.51. The normalized spacial score (nSPS) is 11.0. The highest BCUT2D eigenvalue weighted by Crippen LogP contribution is 2.16. The summed E-state index contributed by atoms with van der Waals surface area (Å²) in [4.78, 5) is 12.8. The third kappa shape index (κ3) is 2.96. The number of hydrogen-bond donors (Lipinski definition) is 1. The van der Waals surface area contributed by atoms with Gasteiger partial charge in [-0.1, -0.05) is 23.5 Å². The number of carbonyl (C=O) groups excluding carboxylic acids is 1. The second-order valence-corrected chi connectivity index (χ2v) is 6.32. The van der Waals surface area contributed by atoms with Gasteiger partial charge in [0.05, 0.1) is 5.56 Å². The van der Waals surface area contributed by atoms with E-state index in [0.29, 0.717) is 18.5 Å². The third-order valence-electron chi connectivity index (χ3n) is 2.93. The molecule has 0 unspecified atom stereocenters. The number of nitrogens with zero attached hydrogens (tertiary/aromatic N) is 4. The van der Waals surface area contributed by atoms with E-state index in [1.54, 1.807) is 10.6 Å². The molecule has 2 aromatic heterocycles. The number of nitrogens with one attached hydrogen (secondary N) is 1. The Bertz CT molecular complexity index is 797. The van der Waals surface area contributed by atoms with Gasteiger partial charge in [-0.3, -0.25) is 4.79 Å². The fourth-order valence-corrected chi connectivity index (χ4v) is 3.22. The van der Waals surface area contributed by atoms with Crippen LogP contribution in [-0.4, -0.2) is 32.3 Å². The Kier molecular flexibility index (Phi) is 3.98. The number of amides is 1. The van der Waals surface area contributed by atoms with Crippen LogP contribution in [0.25, 0.3) is 4.96 Å². The summed E-state index contributed by atoms with van der Waals surface area (Å²) in [7, 11) is 0. The van der Waals surface area contributed by atoms with Crippen molar-refractivity contribution in [1.29, 1.82) is 0 Å². The monoisotopic (exact) mass is 365 g/mol. The maximum absolute atomic E-state index is 12.0. The molecule has 0 bridgehead atoms. The topological polar surface area (TPSA) is 72.2 Å². The summed E-state index contributed by atoms with van der Waals surface area (Å²) in [5, 5.41) is 16.2. The van der Waals surface area contributed by atoms with Gasteiger partial charge in [-0.15, -0.1) is 10.2 Å². The second kappa shape index (κ2) is 5.90. The van der Waals surface area contributed by atoms with E-state index < -0.39 is 0 Å². The number of fused-ring (bicyclic) bond motifs is 1. The lowest BCUT2D eigenvalue weighted by molar-refractivity contribution is 0.0953. The predicted octanol–water partition coefficient (Wildman–Crippen LogP) is 2.23. The number of benzene rings is 1. The molecule has 0 aliphatic carbocycles. The van der Waals surface area contributed by atoms with Gasteiger partial charge < -0.3 is 5.32 Å². The molecular formula is C13H12BrN5OS. The molecular weight excluding hydrogens is 354 g/mol. The van der Waals surface area contributed by atoms with Crippen LogP contribution in [0.5, 0.6) is 0 Å². The van der Waals surface area contributed by atoms with Crippen molar-refractivity contribution in [1.82, 2.24) is 25.1 Å². The van der Waals surface area contributed by atoms with Crippen molar-refractivity contribution in [3.8, 4) is 0 Å². The molecule has 0 spiro atoms. The van der Waals surface area contributed by atoms with Crippen molar-refractivity contribution >= 4 is 38.1 Å². The molecule has 0 aliphatic rings. The zero-order valence-electron chi connectivity index (χ0n) is 11.2. The Hall–Kier alpha value is -1.80. The first-order valence-corrected chi connectivity index (χ1v) is 7.96. The van der Waals surface area contributed by atoms with Crippen LogP contribution in [0, 0.1) is 6.92 Å². The van der Waals surface area contributed by atoms with E-state index in [2.05, 4.69) is 36.5 Å². The fraction of sp³-hybridized carbons (Fsp3) is 0.231. The molecule has 3 aromatic rings. The summed E-state index contributed by atoms with van der Waals surface area (Å²) in [5.74, 6) is 0.673. The Morgan fingerprint density at radius 3 is 2.95 bits per heavy atom. The minimum absolute atomic E-state index is 0.0957. The number of halogens is 1. The second-order valence-electron chi connectivity index (χ2n) is 4.42. The van der Waals surface area contributed by atoms with E-state index >= 15 is 0 Å². The minimum Gasteiger partial charge on any atom is -0.352 e. The summed E-state index contributed by atoms with van der Waals surface area (Å²) in [6.07, 6.45) is 0.670. The highest BCUT2D eigenvalue weighted by atomic mass is 79.9. The SMILES string of the molecule is Cc1nnc2sc(CCNC(=O)c3ccccc3Br)nn12.